The predicted molar refractivity (Wildman–Crippen MR) is 114 cm³/mol. The van der Waals surface area contributed by atoms with Crippen molar-refractivity contribution < 1.29 is 13.9 Å². The summed E-state index contributed by atoms with van der Waals surface area (Å²) < 4.78 is 22.1. The van der Waals surface area contributed by atoms with Gasteiger partial charge in [0.1, 0.15) is 6.33 Å². The van der Waals surface area contributed by atoms with Crippen molar-refractivity contribution in [2.24, 2.45) is 11.1 Å². The topological polar surface area (TPSA) is 109 Å². The molecule has 8 nitrogen and oxygen atoms in total. The number of nitrogens with two attached hydrogens (primary N) is 1. The number of fused-ring (bicyclic) bond motifs is 2. The number of pyridine rings is 1. The van der Waals surface area contributed by atoms with Gasteiger partial charge in [-0.05, 0) is 34.7 Å². The number of hydrogen-bond acceptors (Lipinski definition) is 6. The maximum Gasteiger partial charge on any atom is 0.224 e. The Labute approximate surface area is 182 Å². The Balaban J connectivity index is 1.59. The van der Waals surface area contributed by atoms with E-state index in [0.717, 1.165) is 11.3 Å². The number of amides is 1. The van der Waals surface area contributed by atoms with E-state index in [9.17, 15) is 9.18 Å². The smallest absolute Gasteiger partial charge is 0.224 e. The number of para-hydroxylation sites is 1. The van der Waals surface area contributed by atoms with Crippen LogP contribution in [0.15, 0.2) is 60.9 Å². The normalized spacial score (nSPS) is 14.9. The molecule has 0 radical (unpaired) electrons. The number of primary amides is 1. The molecule has 1 atom stereocenters. The minimum absolute atomic E-state index is 0.0676. The first-order chi connectivity index (χ1) is 15.4. The Kier molecular flexibility index (Phi) is 4.47. The summed E-state index contributed by atoms with van der Waals surface area (Å²) in [5.41, 5.74) is 8.25. The second-order valence-corrected chi connectivity index (χ2v) is 8.17. The van der Waals surface area contributed by atoms with Gasteiger partial charge in [-0.15, -0.1) is 5.10 Å². The summed E-state index contributed by atoms with van der Waals surface area (Å²) >= 11 is 0. The number of ether oxygens (including phenoxy) is 1. The zero-order chi connectivity index (χ0) is 22.5. The fraction of sp³-hybridized carbons (Fsp3) is 0.174. The van der Waals surface area contributed by atoms with E-state index in [1.165, 1.54) is 12.4 Å². The van der Waals surface area contributed by atoms with Gasteiger partial charge in [-0.2, -0.15) is 0 Å². The Morgan fingerprint density at radius 3 is 2.56 bits per heavy atom. The van der Waals surface area contributed by atoms with Crippen molar-refractivity contribution in [3.63, 3.8) is 0 Å². The zero-order valence-electron chi connectivity index (χ0n) is 17.4. The van der Waals surface area contributed by atoms with Gasteiger partial charge in [0.05, 0.1) is 16.8 Å². The highest BCUT2D eigenvalue weighted by Crippen LogP contribution is 2.52. The van der Waals surface area contributed by atoms with Gasteiger partial charge in [0.2, 0.25) is 11.8 Å². The third-order valence-electron chi connectivity index (χ3n) is 5.84. The van der Waals surface area contributed by atoms with Crippen LogP contribution in [0.3, 0.4) is 0 Å². The van der Waals surface area contributed by atoms with E-state index < -0.39 is 23.1 Å². The standard InChI is InChI=1S/C23H19FN6O2/c1-23(2,22(25)31)19-15-4-3-5-17(24)20(15)32-21-16(19)10-11-18(27-21)13-6-8-14(9-7-13)30-12-26-28-29-30/h3-12,19H,1-2H3,(H2,25,31). The molecular weight excluding hydrogens is 411 g/mol. The van der Waals surface area contributed by atoms with Crippen molar-refractivity contribution in [2.45, 2.75) is 19.8 Å². The van der Waals surface area contributed by atoms with E-state index in [4.69, 9.17) is 10.5 Å². The van der Waals surface area contributed by atoms with Crippen LogP contribution in [0, 0.1) is 11.2 Å². The van der Waals surface area contributed by atoms with Crippen LogP contribution >= 0.6 is 0 Å². The maximum atomic E-state index is 14.6. The van der Waals surface area contributed by atoms with Crippen molar-refractivity contribution >= 4 is 5.91 Å². The van der Waals surface area contributed by atoms with Gasteiger partial charge >= 0.3 is 0 Å². The summed E-state index contributed by atoms with van der Waals surface area (Å²) in [6.07, 6.45) is 1.51. The second-order valence-electron chi connectivity index (χ2n) is 8.17. The zero-order valence-corrected chi connectivity index (χ0v) is 17.4. The molecule has 32 heavy (non-hydrogen) atoms. The van der Waals surface area contributed by atoms with Crippen molar-refractivity contribution in [3.05, 3.63) is 77.9 Å². The van der Waals surface area contributed by atoms with E-state index in [-0.39, 0.29) is 11.6 Å². The number of halogens is 1. The van der Waals surface area contributed by atoms with E-state index in [2.05, 4.69) is 20.5 Å². The van der Waals surface area contributed by atoms with E-state index in [1.54, 1.807) is 30.7 Å². The minimum Gasteiger partial charge on any atom is -0.435 e. The van der Waals surface area contributed by atoms with Crippen LogP contribution in [-0.4, -0.2) is 31.1 Å². The van der Waals surface area contributed by atoms with Crippen molar-refractivity contribution in [2.75, 3.05) is 0 Å². The molecule has 5 rings (SSSR count). The highest BCUT2D eigenvalue weighted by molar-refractivity contribution is 5.83. The molecule has 2 aromatic heterocycles. The fourth-order valence-electron chi connectivity index (χ4n) is 4.02. The van der Waals surface area contributed by atoms with Gasteiger partial charge in [-0.1, -0.05) is 44.2 Å². The number of nitrogens with zero attached hydrogens (tertiary/aromatic N) is 5. The summed E-state index contributed by atoms with van der Waals surface area (Å²) in [5, 5.41) is 11.1. The molecule has 0 aliphatic carbocycles. The van der Waals surface area contributed by atoms with Crippen LogP contribution < -0.4 is 10.5 Å². The SMILES string of the molecule is CC(C)(C(N)=O)C1c2ccc(-c3ccc(-n4cnnn4)cc3)nc2Oc2c(F)cccc21. The highest BCUT2D eigenvalue weighted by atomic mass is 19.1. The number of benzene rings is 2. The molecule has 1 aliphatic rings. The van der Waals surface area contributed by atoms with Crippen molar-refractivity contribution in [1.82, 2.24) is 25.2 Å². The monoisotopic (exact) mass is 430 g/mol. The summed E-state index contributed by atoms with van der Waals surface area (Å²) in [6.45, 7) is 3.49. The lowest BCUT2D eigenvalue weighted by Crippen LogP contribution is -2.38. The molecule has 0 saturated carbocycles. The molecule has 160 valence electrons. The second kappa shape index (κ2) is 7.23. The summed E-state index contributed by atoms with van der Waals surface area (Å²) in [6, 6.07) is 15.9. The molecule has 1 aliphatic heterocycles. The van der Waals surface area contributed by atoms with Gasteiger partial charge in [-0.25, -0.2) is 14.1 Å². The Morgan fingerprint density at radius 2 is 1.88 bits per heavy atom. The molecule has 1 unspecified atom stereocenters. The highest BCUT2D eigenvalue weighted by Gasteiger charge is 2.43. The Hall–Kier alpha value is -4.14. The van der Waals surface area contributed by atoms with Crippen molar-refractivity contribution in [1.29, 1.82) is 0 Å². The quantitative estimate of drug-likeness (QED) is 0.530. The number of rotatable bonds is 4. The Bertz CT molecular complexity index is 1320. The van der Waals surface area contributed by atoms with Gasteiger partial charge in [0, 0.05) is 22.6 Å². The molecular formula is C23H19FN6O2. The molecule has 9 heteroatoms. The van der Waals surface area contributed by atoms with Gasteiger partial charge < -0.3 is 10.5 Å². The molecule has 4 aromatic rings. The van der Waals surface area contributed by atoms with Gasteiger partial charge in [-0.3, -0.25) is 4.79 Å². The lowest BCUT2D eigenvalue weighted by Gasteiger charge is -2.36. The third kappa shape index (κ3) is 3.09. The number of hydrogen-bond donors (Lipinski definition) is 1. The molecule has 0 bridgehead atoms. The molecule has 2 N–H and O–H groups in total. The Morgan fingerprint density at radius 1 is 1.09 bits per heavy atom. The maximum absolute atomic E-state index is 14.6. The molecule has 0 saturated heterocycles. The first kappa shape index (κ1) is 19.8. The van der Waals surface area contributed by atoms with E-state index >= 15 is 0 Å². The van der Waals surface area contributed by atoms with Crippen LogP contribution in [0.4, 0.5) is 4.39 Å². The van der Waals surface area contributed by atoms with Crippen LogP contribution in [0.1, 0.15) is 30.9 Å². The average molecular weight is 430 g/mol. The summed E-state index contributed by atoms with van der Waals surface area (Å²) in [5.74, 6) is -1.19. The van der Waals surface area contributed by atoms with Crippen LogP contribution in [0.5, 0.6) is 11.6 Å². The number of tetrazole rings is 1. The number of aromatic nitrogens is 5. The van der Waals surface area contributed by atoms with Gasteiger partial charge in [0.15, 0.2) is 11.6 Å². The molecule has 0 spiro atoms. The number of carbonyl (C=O) groups is 1. The van der Waals surface area contributed by atoms with Crippen LogP contribution in [0.2, 0.25) is 0 Å². The lowest BCUT2D eigenvalue weighted by atomic mass is 9.70. The first-order valence-electron chi connectivity index (χ1n) is 9.97. The molecule has 0 fully saturated rings. The van der Waals surface area contributed by atoms with Crippen molar-refractivity contribution in [3.8, 4) is 28.6 Å². The summed E-state index contributed by atoms with van der Waals surface area (Å²) in [7, 11) is 0. The predicted octanol–water partition coefficient (Wildman–Crippen LogP) is 3.61. The average Bonchev–Trinajstić information content (AvgIpc) is 3.32. The van der Waals surface area contributed by atoms with Crippen LogP contribution in [0.25, 0.3) is 16.9 Å². The van der Waals surface area contributed by atoms with E-state index in [0.29, 0.717) is 16.8 Å². The van der Waals surface area contributed by atoms with Gasteiger partial charge in [0.25, 0.3) is 0 Å². The third-order valence-corrected chi connectivity index (χ3v) is 5.84. The summed E-state index contributed by atoms with van der Waals surface area (Å²) in [4.78, 5) is 16.9. The fourth-order valence-corrected chi connectivity index (χ4v) is 4.02. The molecule has 3 heterocycles. The molecule has 1 amide bonds. The first-order valence-corrected chi connectivity index (χ1v) is 9.97. The molecule has 2 aromatic carbocycles. The largest absolute Gasteiger partial charge is 0.435 e. The van der Waals surface area contributed by atoms with E-state index in [1.807, 2.05) is 36.4 Å². The minimum atomic E-state index is -0.988. The lowest BCUT2D eigenvalue weighted by molar-refractivity contribution is -0.126. The van der Waals surface area contributed by atoms with Crippen LogP contribution in [-0.2, 0) is 4.79 Å². The number of carbonyl (C=O) groups excluding carboxylic acids is 1.